The number of aromatic nitrogens is 4. The first-order valence-corrected chi connectivity index (χ1v) is 6.42. The first kappa shape index (κ1) is 13.2. The lowest BCUT2D eigenvalue weighted by atomic mass is 10.1. The Kier molecular flexibility index (Phi) is 3.57. The molecule has 0 saturated carbocycles. The van der Waals surface area contributed by atoms with E-state index >= 15 is 0 Å². The number of hydrogen-bond donors (Lipinski definition) is 2. The maximum atomic E-state index is 5.75. The molecule has 0 atom stereocenters. The van der Waals surface area contributed by atoms with Crippen molar-refractivity contribution in [2.45, 2.75) is 6.54 Å². The molecule has 0 spiro atoms. The fourth-order valence-corrected chi connectivity index (χ4v) is 1.92. The lowest BCUT2D eigenvalue weighted by Gasteiger charge is -2.00. The van der Waals surface area contributed by atoms with Gasteiger partial charge in [0.25, 0.3) is 5.89 Å². The first-order valence-electron chi connectivity index (χ1n) is 6.42. The van der Waals surface area contributed by atoms with Crippen LogP contribution in [-0.2, 0) is 6.54 Å². The van der Waals surface area contributed by atoms with Crippen molar-refractivity contribution in [3.8, 4) is 23.0 Å². The summed E-state index contributed by atoms with van der Waals surface area (Å²) >= 11 is 0. The highest BCUT2D eigenvalue weighted by Crippen LogP contribution is 2.24. The zero-order valence-corrected chi connectivity index (χ0v) is 11.4. The van der Waals surface area contributed by atoms with Gasteiger partial charge in [-0.25, -0.2) is 9.97 Å². The van der Waals surface area contributed by atoms with Gasteiger partial charge in [0.2, 0.25) is 5.89 Å². The van der Waals surface area contributed by atoms with Crippen molar-refractivity contribution in [2.75, 3.05) is 12.8 Å². The Morgan fingerprint density at radius 1 is 1.05 bits per heavy atom. The highest BCUT2D eigenvalue weighted by atomic mass is 16.4. The second kappa shape index (κ2) is 5.68. The van der Waals surface area contributed by atoms with Gasteiger partial charge in [0, 0.05) is 24.5 Å². The van der Waals surface area contributed by atoms with Crippen LogP contribution in [-0.4, -0.2) is 27.2 Å². The van der Waals surface area contributed by atoms with Crippen molar-refractivity contribution < 1.29 is 4.42 Å². The summed E-state index contributed by atoms with van der Waals surface area (Å²) in [5, 5.41) is 11.1. The standard InChI is InChI=1S/C14H14N6O/c1-16-8-9-2-4-10(5-3-9)13-19-20-14(21-13)11-12(15)18-7-6-17-11/h2-7,16H,8H2,1H3,(H2,15,18). The van der Waals surface area contributed by atoms with Crippen molar-refractivity contribution >= 4 is 5.82 Å². The van der Waals surface area contributed by atoms with Crippen LogP contribution in [0.25, 0.3) is 23.0 Å². The van der Waals surface area contributed by atoms with Gasteiger partial charge in [-0.15, -0.1) is 10.2 Å². The van der Waals surface area contributed by atoms with Crippen LogP contribution in [0.1, 0.15) is 5.56 Å². The Bertz CT molecular complexity index is 737. The topological polar surface area (TPSA) is 103 Å². The molecule has 0 saturated heterocycles. The van der Waals surface area contributed by atoms with Gasteiger partial charge in [-0.3, -0.25) is 0 Å². The highest BCUT2D eigenvalue weighted by Gasteiger charge is 2.14. The summed E-state index contributed by atoms with van der Waals surface area (Å²) in [4.78, 5) is 8.05. The number of nitrogen functional groups attached to an aromatic ring is 1. The Labute approximate surface area is 121 Å². The number of nitrogens with two attached hydrogens (primary N) is 1. The zero-order valence-electron chi connectivity index (χ0n) is 11.4. The Balaban J connectivity index is 1.89. The fraction of sp³-hybridized carbons (Fsp3) is 0.143. The Morgan fingerprint density at radius 3 is 2.48 bits per heavy atom. The number of rotatable bonds is 4. The zero-order chi connectivity index (χ0) is 14.7. The molecule has 21 heavy (non-hydrogen) atoms. The molecule has 3 rings (SSSR count). The molecule has 3 aromatic rings. The molecule has 0 aliphatic carbocycles. The molecular weight excluding hydrogens is 268 g/mol. The van der Waals surface area contributed by atoms with Crippen LogP contribution in [0.3, 0.4) is 0 Å². The van der Waals surface area contributed by atoms with Crippen LogP contribution in [0.5, 0.6) is 0 Å². The SMILES string of the molecule is CNCc1ccc(-c2nnc(-c3nccnc3N)o2)cc1. The van der Waals surface area contributed by atoms with Crippen LogP contribution in [0.2, 0.25) is 0 Å². The monoisotopic (exact) mass is 282 g/mol. The predicted molar refractivity (Wildman–Crippen MR) is 77.9 cm³/mol. The van der Waals surface area contributed by atoms with Crippen LogP contribution in [0.15, 0.2) is 41.1 Å². The van der Waals surface area contributed by atoms with Crippen LogP contribution < -0.4 is 11.1 Å². The van der Waals surface area contributed by atoms with E-state index in [2.05, 4.69) is 25.5 Å². The van der Waals surface area contributed by atoms with Crippen molar-refractivity contribution in [1.82, 2.24) is 25.5 Å². The van der Waals surface area contributed by atoms with E-state index in [-0.39, 0.29) is 11.7 Å². The molecule has 7 nitrogen and oxygen atoms in total. The van der Waals surface area contributed by atoms with E-state index in [1.165, 1.54) is 18.0 Å². The van der Waals surface area contributed by atoms with E-state index in [1.54, 1.807) is 0 Å². The average molecular weight is 282 g/mol. The molecule has 7 heteroatoms. The molecule has 3 N–H and O–H groups in total. The molecule has 2 aromatic heterocycles. The van der Waals surface area contributed by atoms with Crippen LogP contribution >= 0.6 is 0 Å². The van der Waals surface area contributed by atoms with E-state index in [0.29, 0.717) is 11.6 Å². The lowest BCUT2D eigenvalue weighted by Crippen LogP contribution is -2.04. The van der Waals surface area contributed by atoms with Gasteiger partial charge in [0.1, 0.15) is 0 Å². The molecule has 0 aliphatic rings. The van der Waals surface area contributed by atoms with Crippen LogP contribution in [0, 0.1) is 0 Å². The van der Waals surface area contributed by atoms with Gasteiger partial charge < -0.3 is 15.5 Å². The van der Waals surface area contributed by atoms with Crippen molar-refractivity contribution in [3.05, 3.63) is 42.2 Å². The Morgan fingerprint density at radius 2 is 1.76 bits per heavy atom. The second-order valence-electron chi connectivity index (χ2n) is 4.43. The van der Waals surface area contributed by atoms with E-state index in [0.717, 1.165) is 12.1 Å². The lowest BCUT2D eigenvalue weighted by molar-refractivity contribution is 0.582. The van der Waals surface area contributed by atoms with Gasteiger partial charge in [0.15, 0.2) is 11.5 Å². The summed E-state index contributed by atoms with van der Waals surface area (Å²) in [6.07, 6.45) is 3.04. The van der Waals surface area contributed by atoms with Crippen molar-refractivity contribution in [1.29, 1.82) is 0 Å². The van der Waals surface area contributed by atoms with Gasteiger partial charge in [-0.2, -0.15) is 0 Å². The summed E-state index contributed by atoms with van der Waals surface area (Å²) in [5.74, 6) is 0.943. The van der Waals surface area contributed by atoms with Gasteiger partial charge in [0.05, 0.1) is 0 Å². The minimum absolute atomic E-state index is 0.259. The highest BCUT2D eigenvalue weighted by molar-refractivity contribution is 5.63. The normalized spacial score (nSPS) is 10.7. The summed E-state index contributed by atoms with van der Waals surface area (Å²) in [5.41, 5.74) is 8.16. The maximum absolute atomic E-state index is 5.75. The quantitative estimate of drug-likeness (QED) is 0.747. The number of benzene rings is 1. The molecule has 0 radical (unpaired) electrons. The summed E-state index contributed by atoms with van der Waals surface area (Å²) < 4.78 is 5.62. The van der Waals surface area contributed by atoms with Gasteiger partial charge >= 0.3 is 0 Å². The van der Waals surface area contributed by atoms with E-state index in [9.17, 15) is 0 Å². The van der Waals surface area contributed by atoms with Crippen molar-refractivity contribution in [2.24, 2.45) is 0 Å². The number of nitrogens with zero attached hydrogens (tertiary/aromatic N) is 4. The van der Waals surface area contributed by atoms with E-state index in [4.69, 9.17) is 10.2 Å². The van der Waals surface area contributed by atoms with Crippen LogP contribution in [0.4, 0.5) is 5.82 Å². The smallest absolute Gasteiger partial charge is 0.270 e. The number of nitrogens with one attached hydrogen (secondary N) is 1. The van der Waals surface area contributed by atoms with Gasteiger partial charge in [-0.1, -0.05) is 12.1 Å². The van der Waals surface area contributed by atoms with E-state index in [1.807, 2.05) is 31.3 Å². The van der Waals surface area contributed by atoms with E-state index < -0.39 is 0 Å². The van der Waals surface area contributed by atoms with Gasteiger partial charge in [-0.05, 0) is 24.7 Å². The first-order chi connectivity index (χ1) is 10.3. The number of anilines is 1. The molecule has 1 aromatic carbocycles. The van der Waals surface area contributed by atoms with Crippen molar-refractivity contribution in [3.63, 3.8) is 0 Å². The molecule has 2 heterocycles. The predicted octanol–water partition coefficient (Wildman–Crippen LogP) is 1.50. The molecule has 106 valence electrons. The minimum atomic E-state index is 0.259. The second-order valence-corrected chi connectivity index (χ2v) is 4.43. The average Bonchev–Trinajstić information content (AvgIpc) is 2.98. The molecule has 0 fully saturated rings. The molecular formula is C14H14N6O. The molecule has 0 unspecified atom stereocenters. The minimum Gasteiger partial charge on any atom is -0.414 e. The third-order valence-corrected chi connectivity index (χ3v) is 2.94. The largest absolute Gasteiger partial charge is 0.414 e. The third kappa shape index (κ3) is 2.72. The Hall–Kier alpha value is -2.80. The summed E-state index contributed by atoms with van der Waals surface area (Å²) in [6.45, 7) is 0.811. The molecule has 0 amide bonds. The summed E-state index contributed by atoms with van der Waals surface area (Å²) in [7, 11) is 1.91. The number of hydrogen-bond acceptors (Lipinski definition) is 7. The fourth-order valence-electron chi connectivity index (χ4n) is 1.92. The maximum Gasteiger partial charge on any atom is 0.270 e. The molecule has 0 bridgehead atoms. The summed E-state index contributed by atoms with van der Waals surface area (Å²) in [6, 6.07) is 7.88. The molecule has 0 aliphatic heterocycles. The third-order valence-electron chi connectivity index (χ3n) is 2.94.